The van der Waals surface area contributed by atoms with E-state index in [0.29, 0.717) is 18.7 Å². The van der Waals surface area contributed by atoms with E-state index in [1.807, 2.05) is 0 Å². The van der Waals surface area contributed by atoms with Gasteiger partial charge in [-0.3, -0.25) is 4.90 Å². The van der Waals surface area contributed by atoms with Gasteiger partial charge in [0.2, 0.25) is 5.89 Å². The summed E-state index contributed by atoms with van der Waals surface area (Å²) in [6.07, 6.45) is 0.997. The Bertz CT molecular complexity index is 418. The van der Waals surface area contributed by atoms with E-state index in [9.17, 15) is 4.79 Å². The zero-order valence-corrected chi connectivity index (χ0v) is 11.2. The lowest BCUT2D eigenvalue weighted by molar-refractivity contribution is -0.117. The Labute approximate surface area is 107 Å². The van der Waals surface area contributed by atoms with Crippen LogP contribution in [0.3, 0.4) is 0 Å². The molecule has 0 saturated carbocycles. The third kappa shape index (κ3) is 3.14. The second-order valence-corrected chi connectivity index (χ2v) is 5.01. The molecule has 1 aromatic heterocycles. The number of likely N-dealkylation sites (N-methyl/N-ethyl adjacent to an activating group) is 2. The Kier molecular flexibility index (Phi) is 4.08. The van der Waals surface area contributed by atoms with Gasteiger partial charge in [-0.15, -0.1) is 0 Å². The Hall–Kier alpha value is -1.27. The molecular formula is C12H20N4O2. The molecule has 1 aliphatic heterocycles. The molecule has 0 radical (unpaired) electrons. The van der Waals surface area contributed by atoms with Gasteiger partial charge in [0.15, 0.2) is 5.82 Å². The minimum atomic E-state index is 0.143. The van der Waals surface area contributed by atoms with Crippen molar-refractivity contribution in [2.24, 2.45) is 0 Å². The summed E-state index contributed by atoms with van der Waals surface area (Å²) < 4.78 is 5.19. The summed E-state index contributed by atoms with van der Waals surface area (Å²) in [5, 5.41) is 4.04. The van der Waals surface area contributed by atoms with Crippen LogP contribution in [0.5, 0.6) is 0 Å². The van der Waals surface area contributed by atoms with E-state index in [4.69, 9.17) is 4.52 Å². The first-order valence-corrected chi connectivity index (χ1v) is 6.27. The second kappa shape index (κ2) is 5.58. The fourth-order valence-electron chi connectivity index (χ4n) is 2.08. The fraction of sp³-hybridized carbons (Fsp3) is 0.750. The number of aromatic nitrogens is 2. The maximum atomic E-state index is 10.9. The number of hydrogen-bond donors (Lipinski definition) is 0. The van der Waals surface area contributed by atoms with Gasteiger partial charge in [0.1, 0.15) is 5.78 Å². The molecule has 1 aromatic rings. The van der Waals surface area contributed by atoms with Crippen LogP contribution in [0, 0.1) is 0 Å². The molecule has 2 heterocycles. The van der Waals surface area contributed by atoms with Crippen molar-refractivity contribution in [1.29, 1.82) is 0 Å². The number of nitrogens with zero attached hydrogens (tertiary/aromatic N) is 4. The maximum absolute atomic E-state index is 10.9. The van der Waals surface area contributed by atoms with E-state index in [1.165, 1.54) is 0 Å². The van der Waals surface area contributed by atoms with Gasteiger partial charge in [0.05, 0.1) is 6.04 Å². The zero-order chi connectivity index (χ0) is 13.1. The highest BCUT2D eigenvalue weighted by Crippen LogP contribution is 2.20. The van der Waals surface area contributed by atoms with Crippen molar-refractivity contribution in [1.82, 2.24) is 19.9 Å². The van der Waals surface area contributed by atoms with Crippen molar-refractivity contribution < 1.29 is 9.32 Å². The summed E-state index contributed by atoms with van der Waals surface area (Å²) in [6.45, 7) is 4.53. The average molecular weight is 252 g/mol. The van der Waals surface area contributed by atoms with Crippen molar-refractivity contribution in [3.05, 3.63) is 11.7 Å². The summed E-state index contributed by atoms with van der Waals surface area (Å²) >= 11 is 0. The Balaban J connectivity index is 2.02. The summed E-state index contributed by atoms with van der Waals surface area (Å²) in [5.74, 6) is 1.42. The number of carbonyl (C=O) groups is 1. The number of carbonyl (C=O) groups excluding carboxylic acids is 1. The van der Waals surface area contributed by atoms with E-state index in [0.717, 1.165) is 25.5 Å². The zero-order valence-electron chi connectivity index (χ0n) is 11.2. The summed E-state index contributed by atoms with van der Waals surface area (Å²) in [7, 11) is 4.17. The van der Waals surface area contributed by atoms with Gasteiger partial charge >= 0.3 is 0 Å². The maximum Gasteiger partial charge on any atom is 0.227 e. The van der Waals surface area contributed by atoms with Gasteiger partial charge < -0.3 is 14.2 Å². The van der Waals surface area contributed by atoms with Crippen LogP contribution in [0.4, 0.5) is 0 Å². The lowest BCUT2D eigenvalue weighted by Crippen LogP contribution is -2.45. The Morgan fingerprint density at radius 1 is 1.44 bits per heavy atom. The van der Waals surface area contributed by atoms with Crippen molar-refractivity contribution in [2.45, 2.75) is 25.8 Å². The van der Waals surface area contributed by atoms with Gasteiger partial charge in [0.25, 0.3) is 0 Å². The molecule has 0 bridgehead atoms. The van der Waals surface area contributed by atoms with Crippen LogP contribution < -0.4 is 0 Å². The smallest absolute Gasteiger partial charge is 0.227 e. The Morgan fingerprint density at radius 2 is 2.22 bits per heavy atom. The fourth-order valence-corrected chi connectivity index (χ4v) is 2.08. The molecular weight excluding hydrogens is 232 g/mol. The van der Waals surface area contributed by atoms with E-state index in [1.54, 1.807) is 6.92 Å². The van der Waals surface area contributed by atoms with Crippen LogP contribution in [0.1, 0.15) is 31.1 Å². The van der Waals surface area contributed by atoms with E-state index in [2.05, 4.69) is 34.0 Å². The highest BCUT2D eigenvalue weighted by molar-refractivity contribution is 5.75. The van der Waals surface area contributed by atoms with Crippen molar-refractivity contribution in [2.75, 3.05) is 33.7 Å². The molecule has 1 saturated heterocycles. The first kappa shape index (κ1) is 13.2. The first-order valence-electron chi connectivity index (χ1n) is 6.27. The average Bonchev–Trinajstić information content (AvgIpc) is 2.78. The molecule has 0 aromatic carbocycles. The van der Waals surface area contributed by atoms with Crippen molar-refractivity contribution in [3.63, 3.8) is 0 Å². The van der Waals surface area contributed by atoms with Crippen LogP contribution in [-0.4, -0.2) is 59.5 Å². The predicted molar refractivity (Wildman–Crippen MR) is 66.2 cm³/mol. The van der Waals surface area contributed by atoms with Crippen molar-refractivity contribution in [3.8, 4) is 0 Å². The second-order valence-electron chi connectivity index (χ2n) is 5.01. The molecule has 0 N–H and O–H groups in total. The minimum absolute atomic E-state index is 0.143. The Morgan fingerprint density at radius 3 is 2.94 bits per heavy atom. The molecule has 6 nitrogen and oxygen atoms in total. The molecule has 2 rings (SSSR count). The first-order chi connectivity index (χ1) is 8.56. The van der Waals surface area contributed by atoms with E-state index >= 15 is 0 Å². The third-order valence-electron chi connectivity index (χ3n) is 3.32. The topological polar surface area (TPSA) is 62.5 Å². The number of piperazine rings is 1. The standard InChI is InChI=1S/C12H20N4O2/c1-9(17)4-5-11-13-12(14-18-11)10-8-15(2)6-7-16(10)3/h10H,4-8H2,1-3H3. The molecule has 1 atom stereocenters. The summed E-state index contributed by atoms with van der Waals surface area (Å²) in [5.41, 5.74) is 0. The normalized spacial score (nSPS) is 22.3. The predicted octanol–water partition coefficient (Wildman–Crippen LogP) is 0.510. The monoisotopic (exact) mass is 252 g/mol. The molecule has 100 valence electrons. The highest BCUT2D eigenvalue weighted by Gasteiger charge is 2.27. The molecule has 0 aliphatic carbocycles. The largest absolute Gasteiger partial charge is 0.339 e. The van der Waals surface area contributed by atoms with Crippen LogP contribution in [0.2, 0.25) is 0 Å². The minimum Gasteiger partial charge on any atom is -0.339 e. The van der Waals surface area contributed by atoms with Crippen LogP contribution in [0.25, 0.3) is 0 Å². The summed E-state index contributed by atoms with van der Waals surface area (Å²) in [6, 6.07) is 0.179. The number of aryl methyl sites for hydroxylation is 1. The van der Waals surface area contributed by atoms with Crippen LogP contribution in [0.15, 0.2) is 4.52 Å². The van der Waals surface area contributed by atoms with Crippen LogP contribution >= 0.6 is 0 Å². The number of hydrogen-bond acceptors (Lipinski definition) is 6. The SMILES string of the molecule is CC(=O)CCc1nc(C2CN(C)CCN2C)no1. The molecule has 0 spiro atoms. The van der Waals surface area contributed by atoms with Crippen LogP contribution in [-0.2, 0) is 11.2 Å². The van der Waals surface area contributed by atoms with Gasteiger partial charge in [-0.05, 0) is 21.0 Å². The van der Waals surface area contributed by atoms with Gasteiger partial charge in [-0.25, -0.2) is 0 Å². The van der Waals surface area contributed by atoms with Gasteiger partial charge in [-0.1, -0.05) is 5.16 Å². The molecule has 6 heteroatoms. The van der Waals surface area contributed by atoms with E-state index < -0.39 is 0 Å². The lowest BCUT2D eigenvalue weighted by Gasteiger charge is -2.35. The molecule has 1 aliphatic rings. The number of rotatable bonds is 4. The van der Waals surface area contributed by atoms with E-state index in [-0.39, 0.29) is 11.8 Å². The van der Waals surface area contributed by atoms with Gasteiger partial charge in [-0.2, -0.15) is 4.98 Å². The highest BCUT2D eigenvalue weighted by atomic mass is 16.5. The molecule has 18 heavy (non-hydrogen) atoms. The third-order valence-corrected chi connectivity index (χ3v) is 3.32. The molecule has 1 unspecified atom stereocenters. The van der Waals surface area contributed by atoms with Gasteiger partial charge in [0, 0.05) is 32.5 Å². The molecule has 0 amide bonds. The number of Topliss-reactive ketones (excluding diaryl/α,β-unsaturated/α-hetero) is 1. The quantitative estimate of drug-likeness (QED) is 0.778. The number of ketones is 1. The summed E-state index contributed by atoms with van der Waals surface area (Å²) in [4.78, 5) is 19.8. The lowest BCUT2D eigenvalue weighted by atomic mass is 10.2. The van der Waals surface area contributed by atoms with Crippen molar-refractivity contribution >= 4 is 5.78 Å². The molecule has 1 fully saturated rings.